The smallest absolute Gasteiger partial charge is 0.207 e. The highest BCUT2D eigenvalue weighted by Gasteiger charge is 2.39. The molecule has 1 saturated heterocycles. The molecule has 1 aromatic carbocycles. The van der Waals surface area contributed by atoms with E-state index in [9.17, 15) is 8.42 Å². The summed E-state index contributed by atoms with van der Waals surface area (Å²) in [5.41, 5.74) is 1.10. The van der Waals surface area contributed by atoms with E-state index in [0.29, 0.717) is 17.4 Å². The van der Waals surface area contributed by atoms with Crippen LogP contribution in [0.25, 0.3) is 0 Å². The van der Waals surface area contributed by atoms with Gasteiger partial charge in [-0.3, -0.25) is 0 Å². The Balaban J connectivity index is 1.91. The van der Waals surface area contributed by atoms with E-state index in [1.807, 2.05) is 19.1 Å². The lowest BCUT2D eigenvalue weighted by atomic mass is 9.79. The third kappa shape index (κ3) is 2.51. The lowest BCUT2D eigenvalue weighted by Crippen LogP contribution is -2.49. The minimum absolute atomic E-state index is 0.240. The van der Waals surface area contributed by atoms with Crippen LogP contribution in [0.5, 0.6) is 0 Å². The van der Waals surface area contributed by atoms with Crippen LogP contribution in [0.1, 0.15) is 44.1 Å². The molecule has 2 aliphatic rings. The summed E-state index contributed by atoms with van der Waals surface area (Å²) in [4.78, 5) is 0.453. The van der Waals surface area contributed by atoms with Crippen molar-refractivity contribution in [2.75, 3.05) is 6.54 Å². The predicted molar refractivity (Wildman–Crippen MR) is 80.1 cm³/mol. The molecule has 2 fully saturated rings. The molecule has 1 heterocycles. The standard InChI is InChI=1S/C16H23NO2S/c1-13-8-10-15(11-9-13)20(18,19)17-12-4-6-14-5-2-3-7-16(14)17/h8-11,14,16H,2-7,12H2,1H3/t14-,16+/m0/s1. The van der Waals surface area contributed by atoms with Crippen LogP contribution in [0.3, 0.4) is 0 Å². The number of piperidine rings is 1. The zero-order valence-corrected chi connectivity index (χ0v) is 12.9. The van der Waals surface area contributed by atoms with Gasteiger partial charge in [-0.25, -0.2) is 8.42 Å². The molecule has 0 spiro atoms. The van der Waals surface area contributed by atoms with Gasteiger partial charge in [0.2, 0.25) is 10.0 Å². The van der Waals surface area contributed by atoms with Crippen molar-refractivity contribution in [2.24, 2.45) is 5.92 Å². The lowest BCUT2D eigenvalue weighted by molar-refractivity contribution is 0.129. The first-order chi connectivity index (χ1) is 9.59. The van der Waals surface area contributed by atoms with Crippen LogP contribution in [0.15, 0.2) is 29.2 Å². The Labute approximate surface area is 122 Å². The summed E-state index contributed by atoms with van der Waals surface area (Å²) in [7, 11) is -3.32. The van der Waals surface area contributed by atoms with Gasteiger partial charge >= 0.3 is 0 Å². The maximum absolute atomic E-state index is 12.9. The first-order valence-electron chi connectivity index (χ1n) is 7.67. The Morgan fingerprint density at radius 1 is 1.00 bits per heavy atom. The van der Waals surface area contributed by atoms with E-state index in [0.717, 1.165) is 18.4 Å². The Kier molecular flexibility index (Phi) is 3.87. The molecule has 20 heavy (non-hydrogen) atoms. The predicted octanol–water partition coefficient (Wildman–Crippen LogP) is 3.34. The van der Waals surface area contributed by atoms with Gasteiger partial charge in [0, 0.05) is 12.6 Å². The van der Waals surface area contributed by atoms with Crippen molar-refractivity contribution in [1.29, 1.82) is 0 Å². The zero-order valence-electron chi connectivity index (χ0n) is 12.1. The summed E-state index contributed by atoms with van der Waals surface area (Å²) in [6, 6.07) is 7.50. The number of nitrogens with zero attached hydrogens (tertiary/aromatic N) is 1. The van der Waals surface area contributed by atoms with Crippen LogP contribution < -0.4 is 0 Å². The van der Waals surface area contributed by atoms with E-state index >= 15 is 0 Å². The Morgan fingerprint density at radius 2 is 1.65 bits per heavy atom. The molecule has 2 atom stereocenters. The van der Waals surface area contributed by atoms with Crippen molar-refractivity contribution in [3.8, 4) is 0 Å². The van der Waals surface area contributed by atoms with Crippen LogP contribution in [0.2, 0.25) is 0 Å². The largest absolute Gasteiger partial charge is 0.243 e. The molecule has 1 aliphatic heterocycles. The Morgan fingerprint density at radius 3 is 2.40 bits per heavy atom. The summed E-state index contributed by atoms with van der Waals surface area (Å²) in [5.74, 6) is 0.581. The number of fused-ring (bicyclic) bond motifs is 1. The van der Waals surface area contributed by atoms with Crippen molar-refractivity contribution in [3.63, 3.8) is 0 Å². The highest BCUT2D eigenvalue weighted by atomic mass is 32.2. The fourth-order valence-corrected chi connectivity index (χ4v) is 5.48. The average Bonchev–Trinajstić information content (AvgIpc) is 2.47. The molecule has 0 bridgehead atoms. The number of rotatable bonds is 2. The van der Waals surface area contributed by atoms with Crippen molar-refractivity contribution < 1.29 is 8.42 Å². The quantitative estimate of drug-likeness (QED) is 0.838. The number of hydrogen-bond acceptors (Lipinski definition) is 2. The maximum Gasteiger partial charge on any atom is 0.243 e. The van der Waals surface area contributed by atoms with Crippen molar-refractivity contribution in [3.05, 3.63) is 29.8 Å². The van der Waals surface area contributed by atoms with Crippen LogP contribution in [-0.4, -0.2) is 25.3 Å². The van der Waals surface area contributed by atoms with E-state index in [1.54, 1.807) is 16.4 Å². The third-order valence-corrected chi connectivity index (χ3v) is 6.76. The molecule has 3 rings (SSSR count). The maximum atomic E-state index is 12.9. The molecule has 110 valence electrons. The normalized spacial score (nSPS) is 28.1. The van der Waals surface area contributed by atoms with Crippen LogP contribution in [0.4, 0.5) is 0 Å². The van der Waals surface area contributed by atoms with Gasteiger partial charge in [-0.05, 0) is 50.7 Å². The number of aryl methyl sites for hydroxylation is 1. The van der Waals surface area contributed by atoms with E-state index in [-0.39, 0.29) is 6.04 Å². The van der Waals surface area contributed by atoms with E-state index in [4.69, 9.17) is 0 Å². The SMILES string of the molecule is Cc1ccc(S(=O)(=O)N2CCC[C@@H]3CCCC[C@H]32)cc1. The van der Waals surface area contributed by atoms with Crippen LogP contribution >= 0.6 is 0 Å². The summed E-state index contributed by atoms with van der Waals surface area (Å²) in [6.07, 6.45) is 6.87. The van der Waals surface area contributed by atoms with Gasteiger partial charge in [0.05, 0.1) is 4.90 Å². The summed E-state index contributed by atoms with van der Waals surface area (Å²) < 4.78 is 27.6. The molecular formula is C16H23NO2S. The van der Waals surface area contributed by atoms with E-state index in [1.165, 1.54) is 25.7 Å². The highest BCUT2D eigenvalue weighted by Crippen LogP contribution is 2.37. The number of sulfonamides is 1. The van der Waals surface area contributed by atoms with Gasteiger partial charge in [0.25, 0.3) is 0 Å². The van der Waals surface area contributed by atoms with Crippen molar-refractivity contribution in [1.82, 2.24) is 4.31 Å². The second kappa shape index (κ2) is 5.49. The van der Waals surface area contributed by atoms with E-state index in [2.05, 4.69) is 0 Å². The molecule has 1 aromatic rings. The summed E-state index contributed by atoms with van der Waals surface area (Å²) >= 11 is 0. The van der Waals surface area contributed by atoms with E-state index < -0.39 is 10.0 Å². The van der Waals surface area contributed by atoms with Gasteiger partial charge < -0.3 is 0 Å². The summed E-state index contributed by atoms with van der Waals surface area (Å²) in [6.45, 7) is 2.67. The van der Waals surface area contributed by atoms with Gasteiger partial charge in [0.1, 0.15) is 0 Å². The van der Waals surface area contributed by atoms with Crippen LogP contribution in [-0.2, 0) is 10.0 Å². The van der Waals surface area contributed by atoms with Crippen molar-refractivity contribution >= 4 is 10.0 Å². The van der Waals surface area contributed by atoms with Gasteiger partial charge in [-0.2, -0.15) is 4.31 Å². The molecule has 4 heteroatoms. The van der Waals surface area contributed by atoms with Gasteiger partial charge in [0.15, 0.2) is 0 Å². The highest BCUT2D eigenvalue weighted by molar-refractivity contribution is 7.89. The fraction of sp³-hybridized carbons (Fsp3) is 0.625. The lowest BCUT2D eigenvalue weighted by Gasteiger charge is -2.43. The minimum Gasteiger partial charge on any atom is -0.207 e. The molecule has 0 amide bonds. The zero-order chi connectivity index (χ0) is 14.2. The number of hydrogen-bond donors (Lipinski definition) is 0. The fourth-order valence-electron chi connectivity index (χ4n) is 3.72. The topological polar surface area (TPSA) is 37.4 Å². The van der Waals surface area contributed by atoms with Crippen molar-refractivity contribution in [2.45, 2.75) is 56.4 Å². The molecule has 0 aromatic heterocycles. The van der Waals surface area contributed by atoms with Crippen LogP contribution in [0, 0.1) is 12.8 Å². The second-order valence-corrected chi connectivity index (χ2v) is 8.07. The van der Waals surface area contributed by atoms with Gasteiger partial charge in [-0.15, -0.1) is 0 Å². The first kappa shape index (κ1) is 14.1. The first-order valence-corrected chi connectivity index (χ1v) is 9.11. The molecule has 0 N–H and O–H groups in total. The Bertz CT molecular complexity index is 563. The minimum atomic E-state index is -3.32. The number of benzene rings is 1. The monoisotopic (exact) mass is 293 g/mol. The average molecular weight is 293 g/mol. The second-order valence-electron chi connectivity index (χ2n) is 6.18. The molecule has 0 radical (unpaired) electrons. The molecule has 1 aliphatic carbocycles. The van der Waals surface area contributed by atoms with Gasteiger partial charge in [-0.1, -0.05) is 30.5 Å². The molecule has 0 unspecified atom stereocenters. The third-order valence-electron chi connectivity index (χ3n) is 4.82. The molecular weight excluding hydrogens is 270 g/mol. The Hall–Kier alpha value is -0.870. The molecule has 1 saturated carbocycles. The summed E-state index contributed by atoms with van der Waals surface area (Å²) in [5, 5.41) is 0. The molecule has 3 nitrogen and oxygen atoms in total.